The first-order chi connectivity index (χ1) is 14.9. The summed E-state index contributed by atoms with van der Waals surface area (Å²) in [5, 5.41) is 21.8. The third-order valence-corrected chi connectivity index (χ3v) is 5.90. The number of hydrogen-bond acceptors (Lipinski definition) is 7. The molecule has 2 fully saturated rings. The van der Waals surface area contributed by atoms with Crippen molar-refractivity contribution < 1.29 is 29.3 Å². The Balaban J connectivity index is 0.000000858. The average Bonchev–Trinajstić information content (AvgIpc) is 3.33. The van der Waals surface area contributed by atoms with Crippen LogP contribution in [0.1, 0.15) is 28.8 Å². The molecule has 1 saturated carbocycles. The van der Waals surface area contributed by atoms with Crippen LogP contribution in [-0.4, -0.2) is 69.7 Å². The van der Waals surface area contributed by atoms with Gasteiger partial charge in [-0.05, 0) is 36.8 Å². The summed E-state index contributed by atoms with van der Waals surface area (Å²) in [6, 6.07) is 7.05. The molecule has 1 aromatic carbocycles. The van der Waals surface area contributed by atoms with Crippen LogP contribution in [0.3, 0.4) is 0 Å². The van der Waals surface area contributed by atoms with Gasteiger partial charge in [0.05, 0.1) is 19.4 Å². The van der Waals surface area contributed by atoms with E-state index in [1.54, 1.807) is 18.2 Å². The van der Waals surface area contributed by atoms with Crippen LogP contribution in [0.4, 0.5) is 0 Å². The minimum absolute atomic E-state index is 0.250. The van der Waals surface area contributed by atoms with Crippen LogP contribution in [0.5, 0.6) is 5.75 Å². The fourth-order valence-corrected chi connectivity index (χ4v) is 4.57. The second kappa shape index (κ2) is 10.4. The lowest BCUT2D eigenvalue weighted by Crippen LogP contribution is -2.42. The maximum atomic E-state index is 12.0. The number of esters is 1. The van der Waals surface area contributed by atoms with Crippen LogP contribution in [-0.2, 0) is 23.1 Å². The van der Waals surface area contributed by atoms with Crippen LogP contribution >= 0.6 is 0 Å². The molecule has 1 aliphatic heterocycles. The van der Waals surface area contributed by atoms with Gasteiger partial charge in [0.15, 0.2) is 0 Å². The van der Waals surface area contributed by atoms with Gasteiger partial charge in [0.25, 0.3) is 6.47 Å². The highest BCUT2D eigenvalue weighted by Crippen LogP contribution is 2.38. The molecule has 2 N–H and O–H groups in total. The molecule has 0 unspecified atom stereocenters. The van der Waals surface area contributed by atoms with Crippen molar-refractivity contribution in [1.82, 2.24) is 14.7 Å². The Morgan fingerprint density at radius 2 is 1.94 bits per heavy atom. The zero-order valence-electron chi connectivity index (χ0n) is 17.8. The van der Waals surface area contributed by atoms with Crippen LogP contribution in [0.2, 0.25) is 0 Å². The van der Waals surface area contributed by atoms with E-state index in [1.807, 2.05) is 30.2 Å². The van der Waals surface area contributed by atoms with Crippen LogP contribution in [0.15, 0.2) is 36.7 Å². The first-order valence-electron chi connectivity index (χ1n) is 10.2. The van der Waals surface area contributed by atoms with Crippen LogP contribution < -0.4 is 4.74 Å². The summed E-state index contributed by atoms with van der Waals surface area (Å²) >= 11 is 0. The topological polar surface area (TPSA) is 114 Å². The summed E-state index contributed by atoms with van der Waals surface area (Å²) in [5.41, 5.74) is 1.60. The van der Waals surface area contributed by atoms with Crippen LogP contribution in [0.25, 0.3) is 0 Å². The highest BCUT2D eigenvalue weighted by atomic mass is 16.5. The van der Waals surface area contributed by atoms with Crippen molar-refractivity contribution in [3.8, 4) is 5.75 Å². The van der Waals surface area contributed by atoms with Crippen molar-refractivity contribution in [2.45, 2.75) is 31.6 Å². The lowest BCUT2D eigenvalue weighted by molar-refractivity contribution is -0.122. The maximum absolute atomic E-state index is 12.0. The molecule has 1 saturated heterocycles. The number of aryl methyl sites for hydroxylation is 1. The van der Waals surface area contributed by atoms with Crippen molar-refractivity contribution in [2.75, 3.05) is 20.2 Å². The van der Waals surface area contributed by atoms with E-state index in [9.17, 15) is 9.90 Å². The molecule has 0 radical (unpaired) electrons. The Kier molecular flexibility index (Phi) is 7.64. The molecular weight excluding hydrogens is 402 g/mol. The zero-order chi connectivity index (χ0) is 22.4. The van der Waals surface area contributed by atoms with Crippen molar-refractivity contribution in [2.24, 2.45) is 18.9 Å². The number of ether oxygens (including phenoxy) is 2. The number of carboxylic acid groups (broad SMARTS) is 1. The molecule has 9 heteroatoms. The lowest BCUT2D eigenvalue weighted by Gasteiger charge is -2.35. The smallest absolute Gasteiger partial charge is 0.341 e. The van der Waals surface area contributed by atoms with Gasteiger partial charge in [0.2, 0.25) is 0 Å². The standard InChI is InChI=1S/C21H27N3O4.CH2O2/c1-23-10-14(9-22-23)11-24-12-15-7-18(25)20(8-16(15)13-24)28-19-6-4-3-5-17(19)21(26)27-2;2-1-3/h3-6,9-10,15-16,18,20,25H,7-8,11-13H2,1-2H3;1H,(H,2,3)/t15-,16+,18+,20+;/m0./s1. The van der Waals surface area contributed by atoms with E-state index >= 15 is 0 Å². The van der Waals surface area contributed by atoms with Crippen LogP contribution in [0, 0.1) is 11.8 Å². The van der Waals surface area contributed by atoms with Gasteiger partial charge in [0, 0.05) is 38.4 Å². The summed E-state index contributed by atoms with van der Waals surface area (Å²) in [5.74, 6) is 1.00. The molecule has 4 rings (SSSR count). The van der Waals surface area contributed by atoms with Gasteiger partial charge in [-0.15, -0.1) is 0 Å². The van der Waals surface area contributed by atoms with E-state index in [-0.39, 0.29) is 12.6 Å². The largest absolute Gasteiger partial charge is 0.487 e. The van der Waals surface area contributed by atoms with Gasteiger partial charge >= 0.3 is 5.97 Å². The highest BCUT2D eigenvalue weighted by molar-refractivity contribution is 5.92. The SMILES string of the molecule is COC(=O)c1ccccc1O[C@@H]1C[C@@H]2CN(Cc3cnn(C)c3)C[C@@H]2C[C@H]1O.O=CO. The Labute approximate surface area is 181 Å². The molecule has 0 spiro atoms. The zero-order valence-corrected chi connectivity index (χ0v) is 17.8. The Bertz CT molecular complexity index is 886. The molecule has 2 heterocycles. The van der Waals surface area contributed by atoms with E-state index in [0.717, 1.165) is 32.5 Å². The molecule has 4 atom stereocenters. The number of nitrogens with zero attached hydrogens (tertiary/aromatic N) is 3. The predicted molar refractivity (Wildman–Crippen MR) is 112 cm³/mol. The van der Waals surface area contributed by atoms with Gasteiger partial charge in [0.1, 0.15) is 17.4 Å². The molecule has 168 valence electrons. The molecule has 2 aliphatic rings. The third kappa shape index (κ3) is 5.62. The predicted octanol–water partition coefficient (Wildman–Crippen LogP) is 1.56. The number of hydrogen-bond donors (Lipinski definition) is 2. The quantitative estimate of drug-likeness (QED) is 0.542. The second-order valence-corrected chi connectivity index (χ2v) is 8.02. The van der Waals surface area contributed by atoms with Crippen molar-refractivity contribution in [3.63, 3.8) is 0 Å². The summed E-state index contributed by atoms with van der Waals surface area (Å²) < 4.78 is 12.8. The molecule has 1 aromatic heterocycles. The summed E-state index contributed by atoms with van der Waals surface area (Å²) in [6.07, 6.45) is 4.61. The minimum atomic E-state index is -0.537. The fraction of sp³-hybridized carbons (Fsp3) is 0.500. The first-order valence-corrected chi connectivity index (χ1v) is 10.2. The number of carbonyl (C=O) groups excluding carboxylic acids is 1. The van der Waals surface area contributed by atoms with E-state index in [0.29, 0.717) is 23.1 Å². The number of aliphatic hydroxyl groups is 1. The first kappa shape index (κ1) is 22.8. The monoisotopic (exact) mass is 431 g/mol. The molecular formula is C22H29N3O6. The van der Waals surface area contributed by atoms with Gasteiger partial charge < -0.3 is 19.7 Å². The number of rotatable bonds is 5. The number of carbonyl (C=O) groups is 2. The second-order valence-electron chi connectivity index (χ2n) is 8.02. The molecule has 9 nitrogen and oxygen atoms in total. The number of para-hydroxylation sites is 1. The van der Waals surface area contributed by atoms with Gasteiger partial charge in [-0.1, -0.05) is 12.1 Å². The Hall–Kier alpha value is -2.91. The third-order valence-electron chi connectivity index (χ3n) is 5.90. The average molecular weight is 431 g/mol. The van der Waals surface area contributed by atoms with Gasteiger partial charge in [-0.25, -0.2) is 4.79 Å². The molecule has 31 heavy (non-hydrogen) atoms. The van der Waals surface area contributed by atoms with Crippen molar-refractivity contribution in [3.05, 3.63) is 47.8 Å². The van der Waals surface area contributed by atoms with Gasteiger partial charge in [-0.3, -0.25) is 14.4 Å². The number of benzene rings is 1. The fourth-order valence-electron chi connectivity index (χ4n) is 4.57. The minimum Gasteiger partial charge on any atom is -0.487 e. The van der Waals surface area contributed by atoms with E-state index in [2.05, 4.69) is 10.00 Å². The Morgan fingerprint density at radius 3 is 2.58 bits per heavy atom. The van der Waals surface area contributed by atoms with Crippen molar-refractivity contribution >= 4 is 12.4 Å². The summed E-state index contributed by atoms with van der Waals surface area (Å²) in [4.78, 5) is 22.8. The summed E-state index contributed by atoms with van der Waals surface area (Å²) in [6.45, 7) is 2.61. The van der Waals surface area contributed by atoms with Gasteiger partial charge in [-0.2, -0.15) is 5.10 Å². The molecule has 1 aliphatic carbocycles. The van der Waals surface area contributed by atoms with E-state index in [4.69, 9.17) is 19.4 Å². The normalized spacial score (nSPS) is 25.1. The number of aromatic nitrogens is 2. The van der Waals surface area contributed by atoms with E-state index < -0.39 is 12.1 Å². The summed E-state index contributed by atoms with van der Waals surface area (Å²) in [7, 11) is 3.28. The number of fused-ring (bicyclic) bond motifs is 1. The number of likely N-dealkylation sites (tertiary alicyclic amines) is 1. The van der Waals surface area contributed by atoms with E-state index in [1.165, 1.54) is 12.7 Å². The highest BCUT2D eigenvalue weighted by Gasteiger charge is 2.42. The Morgan fingerprint density at radius 1 is 1.26 bits per heavy atom. The number of aliphatic hydroxyl groups excluding tert-OH is 1. The van der Waals surface area contributed by atoms with Crippen molar-refractivity contribution in [1.29, 1.82) is 0 Å². The lowest BCUT2D eigenvalue weighted by atomic mass is 9.78. The molecule has 0 amide bonds. The number of methoxy groups -OCH3 is 1. The maximum Gasteiger partial charge on any atom is 0.341 e. The molecule has 2 aromatic rings. The molecule has 0 bridgehead atoms.